The number of carbonyl (C=O) groups excluding carboxylic acids is 1. The van der Waals surface area contributed by atoms with Crippen molar-refractivity contribution in [1.29, 1.82) is 0 Å². The summed E-state index contributed by atoms with van der Waals surface area (Å²) < 4.78 is 5.36. The fraction of sp³-hybridized carbons (Fsp3) is 0.333. The van der Waals surface area contributed by atoms with Gasteiger partial charge in [0.25, 0.3) is 0 Å². The van der Waals surface area contributed by atoms with Crippen LogP contribution in [0.1, 0.15) is 18.2 Å². The molecule has 4 rings (SSSR count). The molecule has 2 aromatic heterocycles. The Morgan fingerprint density at radius 2 is 2.36 bits per heavy atom. The number of nitrogens with zero attached hydrogens (tertiary/aromatic N) is 2. The topological polar surface area (TPSA) is 70.2 Å². The highest BCUT2D eigenvalue weighted by Crippen LogP contribution is 2.31. The first-order valence-corrected chi connectivity index (χ1v) is 9.15. The lowest BCUT2D eigenvalue weighted by Crippen LogP contribution is -2.44. The summed E-state index contributed by atoms with van der Waals surface area (Å²) in [5.74, 6) is 0.830. The van der Waals surface area contributed by atoms with Gasteiger partial charge in [0.1, 0.15) is 5.75 Å². The third-order valence-corrected chi connectivity index (χ3v) is 5.49. The summed E-state index contributed by atoms with van der Waals surface area (Å²) >= 11 is 1.43. The second kappa shape index (κ2) is 6.50. The smallest absolute Gasteiger partial charge is 0.243 e. The van der Waals surface area contributed by atoms with Gasteiger partial charge < -0.3 is 15.0 Å². The Balaban J connectivity index is 1.56. The standard InChI is InChI=1S/C18H20N4O2S/c1-11(17(23)21-18-19-6-8-25-18)22-7-5-16-14(10-22)13-9-12(24-2)3-4-15(13)20-16/h3-4,6,8-9,11,20H,5,7,10H2,1-2H3,(H,19,21,23). The third kappa shape index (κ3) is 3.01. The predicted molar refractivity (Wildman–Crippen MR) is 99.2 cm³/mol. The van der Waals surface area contributed by atoms with Crippen LogP contribution < -0.4 is 10.1 Å². The zero-order chi connectivity index (χ0) is 17.4. The van der Waals surface area contributed by atoms with Crippen molar-refractivity contribution in [2.45, 2.75) is 25.9 Å². The molecular weight excluding hydrogens is 336 g/mol. The maximum absolute atomic E-state index is 12.5. The number of anilines is 1. The fourth-order valence-corrected chi connectivity index (χ4v) is 3.86. The Bertz CT molecular complexity index is 903. The quantitative estimate of drug-likeness (QED) is 0.754. The van der Waals surface area contributed by atoms with Crippen LogP contribution in [0.5, 0.6) is 5.75 Å². The number of nitrogens with one attached hydrogen (secondary N) is 2. The average Bonchev–Trinajstić information content (AvgIpc) is 3.27. The summed E-state index contributed by atoms with van der Waals surface area (Å²) in [4.78, 5) is 22.3. The van der Waals surface area contributed by atoms with Gasteiger partial charge in [0.15, 0.2) is 5.13 Å². The van der Waals surface area contributed by atoms with Crippen LogP contribution in [-0.4, -0.2) is 40.5 Å². The van der Waals surface area contributed by atoms with Gasteiger partial charge in [0.2, 0.25) is 5.91 Å². The molecule has 7 heteroatoms. The molecule has 0 fully saturated rings. The van der Waals surface area contributed by atoms with E-state index >= 15 is 0 Å². The number of amides is 1. The molecule has 0 saturated heterocycles. The molecule has 3 heterocycles. The van der Waals surface area contributed by atoms with Gasteiger partial charge in [-0.25, -0.2) is 4.98 Å². The lowest BCUT2D eigenvalue weighted by molar-refractivity contribution is -0.121. The summed E-state index contributed by atoms with van der Waals surface area (Å²) in [5, 5.41) is 6.56. The zero-order valence-corrected chi connectivity index (χ0v) is 15.0. The Hall–Kier alpha value is -2.38. The van der Waals surface area contributed by atoms with Crippen LogP contribution >= 0.6 is 11.3 Å². The van der Waals surface area contributed by atoms with Crippen molar-refractivity contribution in [1.82, 2.24) is 14.9 Å². The molecule has 6 nitrogen and oxygen atoms in total. The van der Waals surface area contributed by atoms with E-state index in [1.165, 1.54) is 28.0 Å². The molecule has 1 unspecified atom stereocenters. The molecule has 25 heavy (non-hydrogen) atoms. The van der Waals surface area contributed by atoms with Crippen LogP contribution in [0.25, 0.3) is 10.9 Å². The summed E-state index contributed by atoms with van der Waals surface area (Å²) in [6, 6.07) is 5.86. The van der Waals surface area contributed by atoms with E-state index in [9.17, 15) is 4.79 Å². The number of benzene rings is 1. The number of thiazole rings is 1. The largest absolute Gasteiger partial charge is 0.497 e. The van der Waals surface area contributed by atoms with Crippen molar-refractivity contribution in [3.05, 3.63) is 41.0 Å². The number of aromatic amines is 1. The van der Waals surface area contributed by atoms with Crippen molar-refractivity contribution in [3.63, 3.8) is 0 Å². The Kier molecular flexibility index (Phi) is 4.19. The first-order valence-electron chi connectivity index (χ1n) is 8.27. The van der Waals surface area contributed by atoms with Crippen LogP contribution in [0.4, 0.5) is 5.13 Å². The van der Waals surface area contributed by atoms with Crippen molar-refractivity contribution in [2.75, 3.05) is 19.0 Å². The van der Waals surface area contributed by atoms with Gasteiger partial charge in [0, 0.05) is 47.7 Å². The van der Waals surface area contributed by atoms with Gasteiger partial charge in [-0.05, 0) is 30.7 Å². The molecule has 0 saturated carbocycles. The van der Waals surface area contributed by atoms with E-state index in [1.807, 2.05) is 18.4 Å². The third-order valence-electron chi connectivity index (χ3n) is 4.80. The van der Waals surface area contributed by atoms with Gasteiger partial charge >= 0.3 is 0 Å². The number of hydrogen-bond acceptors (Lipinski definition) is 5. The highest BCUT2D eigenvalue weighted by molar-refractivity contribution is 7.13. The number of carbonyl (C=O) groups is 1. The minimum absolute atomic E-state index is 0.0178. The van der Waals surface area contributed by atoms with E-state index in [0.717, 1.165) is 30.8 Å². The minimum atomic E-state index is -0.215. The number of ether oxygens (including phenoxy) is 1. The van der Waals surface area contributed by atoms with E-state index in [0.29, 0.717) is 5.13 Å². The summed E-state index contributed by atoms with van der Waals surface area (Å²) in [5.41, 5.74) is 3.63. The van der Waals surface area contributed by atoms with Crippen molar-refractivity contribution in [3.8, 4) is 5.75 Å². The lowest BCUT2D eigenvalue weighted by Gasteiger charge is -2.31. The molecule has 130 valence electrons. The summed E-state index contributed by atoms with van der Waals surface area (Å²) in [6.45, 7) is 3.54. The molecule has 0 aliphatic carbocycles. The van der Waals surface area contributed by atoms with Crippen LogP contribution in [0.2, 0.25) is 0 Å². The summed E-state index contributed by atoms with van der Waals surface area (Å²) in [7, 11) is 1.68. The molecule has 1 aliphatic rings. The van der Waals surface area contributed by atoms with E-state index in [4.69, 9.17) is 4.74 Å². The molecule has 1 atom stereocenters. The van der Waals surface area contributed by atoms with Gasteiger partial charge in [-0.1, -0.05) is 0 Å². The van der Waals surface area contributed by atoms with Gasteiger partial charge in [-0.3, -0.25) is 9.69 Å². The maximum Gasteiger partial charge on any atom is 0.243 e. The van der Waals surface area contributed by atoms with Gasteiger partial charge in [-0.2, -0.15) is 0 Å². The normalized spacial score (nSPS) is 15.8. The number of H-pyrrole nitrogens is 1. The monoisotopic (exact) mass is 356 g/mol. The fourth-order valence-electron chi connectivity index (χ4n) is 3.33. The SMILES string of the molecule is COc1ccc2[nH]c3c(c2c1)CN(C(C)C(=O)Nc1nccs1)CC3. The predicted octanol–water partition coefficient (Wildman–Crippen LogP) is 3.02. The molecule has 2 N–H and O–H groups in total. The molecule has 0 bridgehead atoms. The Morgan fingerprint density at radius 1 is 1.48 bits per heavy atom. The molecule has 0 radical (unpaired) electrons. The van der Waals surface area contributed by atoms with Crippen LogP contribution in [0.15, 0.2) is 29.8 Å². The highest BCUT2D eigenvalue weighted by Gasteiger charge is 2.28. The van der Waals surface area contributed by atoms with E-state index < -0.39 is 0 Å². The van der Waals surface area contributed by atoms with Gasteiger partial charge in [-0.15, -0.1) is 11.3 Å². The molecule has 1 aliphatic heterocycles. The molecule has 1 amide bonds. The number of aromatic nitrogens is 2. The van der Waals surface area contributed by atoms with E-state index in [2.05, 4.69) is 32.3 Å². The highest BCUT2D eigenvalue weighted by atomic mass is 32.1. The second-order valence-corrected chi connectivity index (χ2v) is 7.11. The second-order valence-electron chi connectivity index (χ2n) is 6.22. The summed E-state index contributed by atoms with van der Waals surface area (Å²) in [6.07, 6.45) is 2.60. The van der Waals surface area contributed by atoms with E-state index in [1.54, 1.807) is 13.3 Å². The molecule has 0 spiro atoms. The lowest BCUT2D eigenvalue weighted by atomic mass is 10.0. The van der Waals surface area contributed by atoms with Crippen molar-refractivity contribution in [2.24, 2.45) is 0 Å². The average molecular weight is 356 g/mol. The number of rotatable bonds is 4. The molecule has 1 aromatic carbocycles. The van der Waals surface area contributed by atoms with Crippen LogP contribution in [0.3, 0.4) is 0 Å². The number of hydrogen-bond donors (Lipinski definition) is 2. The minimum Gasteiger partial charge on any atom is -0.497 e. The molecular formula is C18H20N4O2S. The Labute approximate surface area is 149 Å². The van der Waals surface area contributed by atoms with Crippen LogP contribution in [-0.2, 0) is 17.8 Å². The first kappa shape index (κ1) is 16.1. The Morgan fingerprint density at radius 3 is 3.12 bits per heavy atom. The molecule has 3 aromatic rings. The first-order chi connectivity index (χ1) is 12.2. The van der Waals surface area contributed by atoms with Crippen molar-refractivity contribution < 1.29 is 9.53 Å². The number of fused-ring (bicyclic) bond motifs is 3. The van der Waals surface area contributed by atoms with Crippen molar-refractivity contribution >= 4 is 33.3 Å². The van der Waals surface area contributed by atoms with E-state index in [-0.39, 0.29) is 11.9 Å². The zero-order valence-electron chi connectivity index (χ0n) is 14.2. The van der Waals surface area contributed by atoms with Gasteiger partial charge in [0.05, 0.1) is 13.2 Å². The number of methoxy groups -OCH3 is 1. The van der Waals surface area contributed by atoms with Crippen LogP contribution in [0, 0.1) is 0 Å². The maximum atomic E-state index is 12.5.